The molecule has 0 saturated heterocycles. The normalized spacial score (nSPS) is 16.9. The number of hydrogen-bond donors (Lipinski definition) is 1. The van der Waals surface area contributed by atoms with Crippen molar-refractivity contribution in [3.8, 4) is 0 Å². The van der Waals surface area contributed by atoms with Gasteiger partial charge in [-0.25, -0.2) is 0 Å². The molecule has 0 aliphatic heterocycles. The summed E-state index contributed by atoms with van der Waals surface area (Å²) in [7, 11) is 0. The third-order valence-corrected chi connectivity index (χ3v) is 3.50. The van der Waals surface area contributed by atoms with Gasteiger partial charge in [-0.2, -0.15) is 0 Å². The molecule has 2 rings (SSSR count). The first kappa shape index (κ1) is 12.4. The fourth-order valence-electron chi connectivity index (χ4n) is 2.01. The van der Waals surface area contributed by atoms with E-state index in [9.17, 15) is 4.79 Å². The molecule has 1 aromatic rings. The maximum atomic E-state index is 12.2. The van der Waals surface area contributed by atoms with Crippen molar-refractivity contribution in [2.75, 3.05) is 6.54 Å². The monoisotopic (exact) mass is 251 g/mol. The van der Waals surface area contributed by atoms with Gasteiger partial charge in [-0.1, -0.05) is 37.6 Å². The lowest BCUT2D eigenvalue weighted by atomic mass is 9.95. The summed E-state index contributed by atoms with van der Waals surface area (Å²) >= 11 is 5.86. The molecule has 1 aliphatic carbocycles. The van der Waals surface area contributed by atoms with E-state index in [4.69, 9.17) is 11.6 Å². The summed E-state index contributed by atoms with van der Waals surface area (Å²) in [5, 5.41) is 3.74. The Morgan fingerprint density at radius 1 is 1.35 bits per heavy atom. The van der Waals surface area contributed by atoms with E-state index in [1.807, 2.05) is 24.3 Å². The minimum Gasteiger partial charge on any atom is -0.355 e. The third-order valence-electron chi connectivity index (χ3n) is 3.25. The van der Waals surface area contributed by atoms with Crippen LogP contribution in [0.3, 0.4) is 0 Å². The van der Waals surface area contributed by atoms with E-state index in [1.165, 1.54) is 0 Å². The molecule has 0 radical (unpaired) electrons. The van der Waals surface area contributed by atoms with Gasteiger partial charge in [0, 0.05) is 11.6 Å². The molecule has 2 nitrogen and oxygen atoms in total. The zero-order chi connectivity index (χ0) is 12.5. The summed E-state index contributed by atoms with van der Waals surface area (Å²) in [6.07, 6.45) is 1.89. The molecule has 0 heterocycles. The van der Waals surface area contributed by atoms with Crippen LogP contribution in [-0.2, 0) is 10.2 Å². The smallest absolute Gasteiger partial charge is 0.230 e. The number of amides is 1. The first-order chi connectivity index (χ1) is 8.04. The highest BCUT2D eigenvalue weighted by Gasteiger charge is 2.50. The van der Waals surface area contributed by atoms with Gasteiger partial charge < -0.3 is 5.32 Å². The minimum absolute atomic E-state index is 0.161. The van der Waals surface area contributed by atoms with Crippen LogP contribution in [0.25, 0.3) is 0 Å². The van der Waals surface area contributed by atoms with Crippen LogP contribution in [0, 0.1) is 5.92 Å². The largest absolute Gasteiger partial charge is 0.355 e. The number of benzene rings is 1. The molecule has 0 unspecified atom stereocenters. The topological polar surface area (TPSA) is 29.1 Å². The molecule has 0 bridgehead atoms. The molecule has 92 valence electrons. The van der Waals surface area contributed by atoms with Crippen LogP contribution in [0.4, 0.5) is 0 Å². The van der Waals surface area contributed by atoms with Crippen LogP contribution in [0.1, 0.15) is 32.3 Å². The zero-order valence-corrected chi connectivity index (χ0v) is 11.1. The lowest BCUT2D eigenvalue weighted by Crippen LogP contribution is -2.36. The zero-order valence-electron chi connectivity index (χ0n) is 10.3. The highest BCUT2D eigenvalue weighted by atomic mass is 35.5. The molecular weight excluding hydrogens is 234 g/mol. The Hall–Kier alpha value is -1.02. The summed E-state index contributed by atoms with van der Waals surface area (Å²) in [6.45, 7) is 4.94. The number of rotatable bonds is 4. The second-order valence-corrected chi connectivity index (χ2v) is 5.63. The minimum atomic E-state index is -0.278. The molecule has 1 amide bonds. The number of halogens is 1. The van der Waals surface area contributed by atoms with Crippen molar-refractivity contribution in [1.29, 1.82) is 0 Å². The van der Waals surface area contributed by atoms with Crippen LogP contribution in [0.15, 0.2) is 24.3 Å². The van der Waals surface area contributed by atoms with Crippen LogP contribution in [0.5, 0.6) is 0 Å². The Morgan fingerprint density at radius 3 is 2.41 bits per heavy atom. The van der Waals surface area contributed by atoms with Gasteiger partial charge in [0.1, 0.15) is 0 Å². The SMILES string of the molecule is CC(C)CNC(=O)C1(c2ccc(Cl)cc2)CC1. The predicted octanol–water partition coefficient (Wildman–Crippen LogP) is 3.14. The molecule has 3 heteroatoms. The van der Waals surface area contributed by atoms with Crippen molar-refractivity contribution in [3.63, 3.8) is 0 Å². The van der Waals surface area contributed by atoms with Gasteiger partial charge >= 0.3 is 0 Å². The van der Waals surface area contributed by atoms with E-state index in [0.29, 0.717) is 10.9 Å². The number of carbonyl (C=O) groups is 1. The first-order valence-corrected chi connectivity index (χ1v) is 6.47. The summed E-state index contributed by atoms with van der Waals surface area (Å²) in [5.74, 6) is 0.647. The highest BCUT2D eigenvalue weighted by molar-refractivity contribution is 6.30. The molecule has 1 aliphatic rings. The quantitative estimate of drug-likeness (QED) is 0.875. The van der Waals surface area contributed by atoms with Crippen molar-refractivity contribution in [2.24, 2.45) is 5.92 Å². The summed E-state index contributed by atoms with van der Waals surface area (Å²) in [4.78, 5) is 12.2. The highest BCUT2D eigenvalue weighted by Crippen LogP contribution is 2.48. The van der Waals surface area contributed by atoms with E-state index < -0.39 is 0 Å². The van der Waals surface area contributed by atoms with Crippen LogP contribution in [0.2, 0.25) is 5.02 Å². The molecule has 1 fully saturated rings. The second-order valence-electron chi connectivity index (χ2n) is 5.19. The van der Waals surface area contributed by atoms with Crippen LogP contribution >= 0.6 is 11.6 Å². The van der Waals surface area contributed by atoms with Crippen molar-refractivity contribution in [3.05, 3.63) is 34.9 Å². The summed E-state index contributed by atoms with van der Waals surface area (Å²) in [6, 6.07) is 7.63. The van der Waals surface area contributed by atoms with Crippen LogP contribution < -0.4 is 5.32 Å². The van der Waals surface area contributed by atoms with E-state index in [2.05, 4.69) is 19.2 Å². The Balaban J connectivity index is 2.08. The molecule has 1 aromatic carbocycles. The van der Waals surface area contributed by atoms with Gasteiger partial charge in [-0.3, -0.25) is 4.79 Å². The number of hydrogen-bond acceptors (Lipinski definition) is 1. The molecule has 1 N–H and O–H groups in total. The van der Waals surface area contributed by atoms with Gasteiger partial charge in [0.25, 0.3) is 0 Å². The number of carbonyl (C=O) groups excluding carboxylic acids is 1. The van der Waals surface area contributed by atoms with Crippen molar-refractivity contribution < 1.29 is 4.79 Å². The Morgan fingerprint density at radius 2 is 1.94 bits per heavy atom. The molecular formula is C14H18ClNO. The molecule has 0 atom stereocenters. The van der Waals surface area contributed by atoms with Gasteiger partial charge in [-0.05, 0) is 36.5 Å². The standard InChI is InChI=1S/C14H18ClNO/c1-10(2)9-16-13(17)14(7-8-14)11-3-5-12(15)6-4-11/h3-6,10H,7-9H2,1-2H3,(H,16,17). The van der Waals surface area contributed by atoms with E-state index in [0.717, 1.165) is 24.9 Å². The lowest BCUT2D eigenvalue weighted by molar-refractivity contribution is -0.123. The maximum Gasteiger partial charge on any atom is 0.230 e. The summed E-state index contributed by atoms with van der Waals surface area (Å²) < 4.78 is 0. The van der Waals surface area contributed by atoms with E-state index in [1.54, 1.807) is 0 Å². The molecule has 1 saturated carbocycles. The third kappa shape index (κ3) is 2.63. The van der Waals surface area contributed by atoms with E-state index in [-0.39, 0.29) is 11.3 Å². The average Bonchev–Trinajstić information content (AvgIpc) is 3.08. The van der Waals surface area contributed by atoms with Gasteiger partial charge in [0.2, 0.25) is 5.91 Å². The van der Waals surface area contributed by atoms with Gasteiger partial charge in [0.05, 0.1) is 5.41 Å². The van der Waals surface area contributed by atoms with Crippen LogP contribution in [-0.4, -0.2) is 12.5 Å². The predicted molar refractivity (Wildman–Crippen MR) is 70.2 cm³/mol. The average molecular weight is 252 g/mol. The first-order valence-electron chi connectivity index (χ1n) is 6.09. The lowest BCUT2D eigenvalue weighted by Gasteiger charge is -2.16. The van der Waals surface area contributed by atoms with Gasteiger partial charge in [0.15, 0.2) is 0 Å². The number of nitrogens with one attached hydrogen (secondary N) is 1. The Labute approximate surface area is 107 Å². The molecule has 0 aromatic heterocycles. The van der Waals surface area contributed by atoms with E-state index >= 15 is 0 Å². The van der Waals surface area contributed by atoms with Crippen molar-refractivity contribution >= 4 is 17.5 Å². The fraction of sp³-hybridized carbons (Fsp3) is 0.500. The summed E-state index contributed by atoms with van der Waals surface area (Å²) in [5.41, 5.74) is 0.808. The molecule has 17 heavy (non-hydrogen) atoms. The Kier molecular flexibility index (Phi) is 3.43. The van der Waals surface area contributed by atoms with Crippen molar-refractivity contribution in [1.82, 2.24) is 5.32 Å². The van der Waals surface area contributed by atoms with Crippen molar-refractivity contribution in [2.45, 2.75) is 32.1 Å². The Bertz CT molecular complexity index is 407. The second kappa shape index (κ2) is 4.69. The maximum absolute atomic E-state index is 12.2. The van der Waals surface area contributed by atoms with Gasteiger partial charge in [-0.15, -0.1) is 0 Å². The fourth-order valence-corrected chi connectivity index (χ4v) is 2.13. The molecule has 0 spiro atoms.